The molecule has 3 atom stereocenters. The summed E-state index contributed by atoms with van der Waals surface area (Å²) in [7, 11) is -10.3. The fourth-order valence-corrected chi connectivity index (χ4v) is 6.91. The molecule has 2 aromatic rings. The number of nitrogens with zero attached hydrogens (tertiary/aromatic N) is 1. The number of rotatable bonds is 10. The minimum atomic E-state index is -5.86. The first-order valence-electron chi connectivity index (χ1n) is 11.1. The Hall–Kier alpha value is -1.84. The lowest BCUT2D eigenvalue weighted by atomic mass is 10.2. The Morgan fingerprint density at radius 1 is 1.14 bits per heavy atom. The third-order valence-corrected chi connectivity index (χ3v) is 9.82. The van der Waals surface area contributed by atoms with Crippen LogP contribution in [0.4, 0.5) is 18.9 Å². The number of hydrogen-bond donors (Lipinski definition) is 2. The van der Waals surface area contributed by atoms with E-state index in [-0.39, 0.29) is 11.8 Å². The van der Waals surface area contributed by atoms with Gasteiger partial charge in [0.1, 0.15) is 4.90 Å². The van der Waals surface area contributed by atoms with Gasteiger partial charge < -0.3 is 10.1 Å². The van der Waals surface area contributed by atoms with Crippen molar-refractivity contribution < 1.29 is 34.7 Å². The van der Waals surface area contributed by atoms with Crippen molar-refractivity contribution in [2.24, 2.45) is 5.14 Å². The summed E-state index contributed by atoms with van der Waals surface area (Å²) >= 11 is 1.48. The SMILES string of the molecule is NS(=O)(=O)c1ccc(N[C@H](CCN2C[C@H]3C[C@@H]2CO3)CSc2ccccc2)c(S(=O)(=O)C(F)(F)F)c1. The van der Waals surface area contributed by atoms with Crippen LogP contribution < -0.4 is 10.5 Å². The Morgan fingerprint density at radius 2 is 1.86 bits per heavy atom. The van der Waals surface area contributed by atoms with Gasteiger partial charge in [-0.25, -0.2) is 22.0 Å². The number of ether oxygens (including phenoxy) is 1. The molecule has 2 saturated heterocycles. The van der Waals surface area contributed by atoms with Gasteiger partial charge in [-0.05, 0) is 43.2 Å². The second kappa shape index (κ2) is 10.5. The molecule has 36 heavy (non-hydrogen) atoms. The highest BCUT2D eigenvalue weighted by atomic mass is 32.2. The number of fused-ring (bicyclic) bond motifs is 2. The van der Waals surface area contributed by atoms with Gasteiger partial charge in [-0.1, -0.05) is 18.2 Å². The van der Waals surface area contributed by atoms with Crippen LogP contribution in [0.1, 0.15) is 12.8 Å². The van der Waals surface area contributed by atoms with Gasteiger partial charge in [0.05, 0.1) is 23.3 Å². The van der Waals surface area contributed by atoms with E-state index >= 15 is 0 Å². The maximum atomic E-state index is 13.5. The summed E-state index contributed by atoms with van der Waals surface area (Å²) in [5.41, 5.74) is -5.95. The van der Waals surface area contributed by atoms with E-state index in [4.69, 9.17) is 9.88 Å². The van der Waals surface area contributed by atoms with Crippen LogP contribution in [0.2, 0.25) is 0 Å². The molecule has 4 rings (SSSR count). The number of thioether (sulfide) groups is 1. The number of benzene rings is 2. The Balaban J connectivity index is 1.61. The number of likely N-dealkylation sites (tertiary alicyclic amines) is 1. The molecule has 2 aliphatic heterocycles. The van der Waals surface area contributed by atoms with Crippen LogP contribution in [-0.2, 0) is 24.6 Å². The predicted molar refractivity (Wildman–Crippen MR) is 130 cm³/mol. The number of nitrogens with one attached hydrogen (secondary N) is 1. The third-order valence-electron chi connectivity index (χ3n) is 6.21. The molecule has 0 radical (unpaired) electrons. The van der Waals surface area contributed by atoms with E-state index in [1.807, 2.05) is 30.3 Å². The van der Waals surface area contributed by atoms with Gasteiger partial charge >= 0.3 is 5.51 Å². The van der Waals surface area contributed by atoms with Crippen molar-refractivity contribution in [1.82, 2.24) is 4.90 Å². The van der Waals surface area contributed by atoms with Crippen LogP contribution in [0.25, 0.3) is 0 Å². The second-order valence-corrected chi connectivity index (χ2v) is 13.3. The van der Waals surface area contributed by atoms with Crippen LogP contribution >= 0.6 is 11.8 Å². The van der Waals surface area contributed by atoms with Crippen molar-refractivity contribution >= 4 is 37.3 Å². The lowest BCUT2D eigenvalue weighted by molar-refractivity contribution is -0.0435. The monoisotopic (exact) mass is 565 g/mol. The van der Waals surface area contributed by atoms with E-state index in [0.717, 1.165) is 30.0 Å². The summed E-state index contributed by atoms with van der Waals surface area (Å²) in [4.78, 5) is 1.32. The summed E-state index contributed by atoms with van der Waals surface area (Å²) in [6.45, 7) is 2.07. The van der Waals surface area contributed by atoms with Crippen molar-refractivity contribution in [3.8, 4) is 0 Å². The van der Waals surface area contributed by atoms with Crippen molar-refractivity contribution in [3.63, 3.8) is 0 Å². The molecule has 0 spiro atoms. The molecule has 0 aromatic heterocycles. The smallest absolute Gasteiger partial charge is 0.380 e. The number of alkyl halides is 3. The average molecular weight is 566 g/mol. The number of primary sulfonamides is 1. The van der Waals surface area contributed by atoms with Crippen LogP contribution in [0.3, 0.4) is 0 Å². The first-order valence-corrected chi connectivity index (χ1v) is 15.1. The lowest BCUT2D eigenvalue weighted by Crippen LogP contribution is -2.39. The summed E-state index contributed by atoms with van der Waals surface area (Å²) in [5.74, 6) is 0.435. The first-order chi connectivity index (χ1) is 16.8. The van der Waals surface area contributed by atoms with Crippen molar-refractivity contribution in [2.45, 2.75) is 51.2 Å². The highest BCUT2D eigenvalue weighted by Crippen LogP contribution is 2.36. The molecule has 0 aliphatic carbocycles. The van der Waals surface area contributed by atoms with E-state index in [9.17, 15) is 30.0 Å². The zero-order valence-corrected chi connectivity index (χ0v) is 21.5. The Bertz CT molecular complexity index is 1290. The minimum absolute atomic E-state index is 0.189. The summed E-state index contributed by atoms with van der Waals surface area (Å²) in [6, 6.07) is 11.8. The lowest BCUT2D eigenvalue weighted by Gasteiger charge is -2.29. The van der Waals surface area contributed by atoms with Crippen molar-refractivity contribution in [2.75, 3.05) is 30.8 Å². The average Bonchev–Trinajstić information content (AvgIpc) is 3.43. The topological polar surface area (TPSA) is 119 Å². The molecule has 2 aliphatic rings. The van der Waals surface area contributed by atoms with Crippen LogP contribution in [-0.4, -0.2) is 70.9 Å². The molecule has 14 heteroatoms. The molecule has 3 N–H and O–H groups in total. The highest BCUT2D eigenvalue weighted by molar-refractivity contribution is 7.99. The highest BCUT2D eigenvalue weighted by Gasteiger charge is 2.48. The molecular weight excluding hydrogens is 539 g/mol. The van der Waals surface area contributed by atoms with E-state index in [0.29, 0.717) is 37.4 Å². The van der Waals surface area contributed by atoms with E-state index < -0.39 is 41.2 Å². The zero-order valence-electron chi connectivity index (χ0n) is 19.0. The third kappa shape index (κ3) is 6.17. The normalized spacial score (nSPS) is 21.6. The van der Waals surface area contributed by atoms with Gasteiger partial charge in [0.2, 0.25) is 10.0 Å². The van der Waals surface area contributed by atoms with Gasteiger partial charge in [-0.3, -0.25) is 4.90 Å². The number of sulfone groups is 1. The Kier molecular flexibility index (Phi) is 7.93. The molecule has 8 nitrogen and oxygen atoms in total. The maximum Gasteiger partial charge on any atom is 0.501 e. The van der Waals surface area contributed by atoms with Gasteiger partial charge in [-0.2, -0.15) is 13.2 Å². The molecule has 198 valence electrons. The zero-order chi connectivity index (χ0) is 26.1. The summed E-state index contributed by atoms with van der Waals surface area (Å²) in [6.07, 6.45) is 1.65. The molecule has 2 bridgehead atoms. The van der Waals surface area contributed by atoms with Crippen LogP contribution in [0.15, 0.2) is 63.2 Å². The molecular formula is C22H26F3N3O5S3. The number of nitrogens with two attached hydrogens (primary N) is 1. The van der Waals surface area contributed by atoms with E-state index in [1.165, 1.54) is 11.8 Å². The maximum absolute atomic E-state index is 13.5. The second-order valence-electron chi connectivity index (χ2n) is 8.75. The van der Waals surface area contributed by atoms with Crippen molar-refractivity contribution in [3.05, 3.63) is 48.5 Å². The first kappa shape index (κ1) is 27.2. The molecule has 0 amide bonds. The van der Waals surface area contributed by atoms with Crippen molar-refractivity contribution in [1.29, 1.82) is 0 Å². The predicted octanol–water partition coefficient (Wildman–Crippen LogP) is 3.06. The standard InChI is InChI=1S/C22H26F3N3O5S3/c23-22(24,25)35(29,30)21-11-19(36(26,31)32)6-7-20(21)27-15(14-34-18-4-2-1-3-5-18)8-9-28-12-17-10-16(28)13-33-17/h1-7,11,15-17,27H,8-10,12-14H2,(H2,26,31,32)/t15-,16-,17-/m1/s1. The summed E-state index contributed by atoms with van der Waals surface area (Å²) in [5, 5.41) is 7.99. The summed E-state index contributed by atoms with van der Waals surface area (Å²) < 4.78 is 94.1. The molecule has 2 fully saturated rings. The van der Waals surface area contributed by atoms with E-state index in [2.05, 4.69) is 10.2 Å². The fraction of sp³-hybridized carbons (Fsp3) is 0.455. The number of hydrogen-bond acceptors (Lipinski definition) is 8. The Labute approximate surface area is 212 Å². The van der Waals surface area contributed by atoms with E-state index in [1.54, 1.807) is 0 Å². The quantitative estimate of drug-likeness (QED) is 0.422. The number of sulfonamides is 1. The van der Waals surface area contributed by atoms with Crippen LogP contribution in [0.5, 0.6) is 0 Å². The molecule has 0 unspecified atom stereocenters. The molecule has 2 heterocycles. The van der Waals surface area contributed by atoms with Gasteiger partial charge in [0, 0.05) is 35.8 Å². The number of morpholine rings is 1. The number of anilines is 1. The van der Waals surface area contributed by atoms with Crippen LogP contribution in [0, 0.1) is 0 Å². The fourth-order valence-electron chi connectivity index (χ4n) is 4.35. The molecule has 0 saturated carbocycles. The Morgan fingerprint density at radius 3 is 2.44 bits per heavy atom. The van der Waals surface area contributed by atoms with Gasteiger partial charge in [0.15, 0.2) is 0 Å². The largest absolute Gasteiger partial charge is 0.501 e. The van der Waals surface area contributed by atoms with Gasteiger partial charge in [0.25, 0.3) is 9.84 Å². The number of halogens is 3. The molecule has 2 aromatic carbocycles. The minimum Gasteiger partial charge on any atom is -0.380 e. The van der Waals surface area contributed by atoms with Gasteiger partial charge in [-0.15, -0.1) is 11.8 Å².